The molecule has 0 saturated carbocycles. The topological polar surface area (TPSA) is 125 Å². The zero-order chi connectivity index (χ0) is 22.9. The third-order valence-electron chi connectivity index (χ3n) is 5.87. The molecule has 33 heavy (non-hydrogen) atoms. The second-order valence-electron chi connectivity index (χ2n) is 7.90. The standard InChI is InChI=1S/C21H25N7O4S/c1-25-17-16(18(30)24-20(25)31)28(19(23-17)27-8-6-26(7-9-27)10-12-29)11-13-33-21-22-14-4-2-3-5-15(14)32-21/h2-5,29H,6-13H2,1H3,(H,24,30,31). The number of hydrogen-bond donors (Lipinski definition) is 2. The minimum Gasteiger partial charge on any atom is -0.431 e. The van der Waals surface area contributed by atoms with Crippen molar-refractivity contribution < 1.29 is 9.52 Å². The molecule has 2 N–H and O–H groups in total. The first-order chi connectivity index (χ1) is 16.0. The molecule has 11 nitrogen and oxygen atoms in total. The zero-order valence-electron chi connectivity index (χ0n) is 18.2. The maximum absolute atomic E-state index is 12.7. The lowest BCUT2D eigenvalue weighted by molar-refractivity contribution is 0.188. The SMILES string of the molecule is Cn1c(=O)[nH]c(=O)c2c1nc(N1CCN(CCO)CC1)n2CCSc1nc2ccccc2o1. The van der Waals surface area contributed by atoms with Crippen LogP contribution in [-0.4, -0.2) is 79.2 Å². The van der Waals surface area contributed by atoms with E-state index < -0.39 is 11.2 Å². The number of piperazine rings is 1. The van der Waals surface area contributed by atoms with Crippen LogP contribution in [0.1, 0.15) is 0 Å². The third kappa shape index (κ3) is 4.16. The summed E-state index contributed by atoms with van der Waals surface area (Å²) in [5.74, 6) is 1.27. The number of imidazole rings is 1. The van der Waals surface area contributed by atoms with Crippen molar-refractivity contribution in [2.75, 3.05) is 50.0 Å². The van der Waals surface area contributed by atoms with E-state index >= 15 is 0 Å². The fourth-order valence-electron chi connectivity index (χ4n) is 4.13. The highest BCUT2D eigenvalue weighted by Crippen LogP contribution is 2.26. The number of benzene rings is 1. The maximum atomic E-state index is 12.7. The molecule has 1 saturated heterocycles. The number of aliphatic hydroxyl groups excluding tert-OH is 1. The largest absolute Gasteiger partial charge is 0.431 e. The van der Waals surface area contributed by atoms with Crippen molar-refractivity contribution in [2.45, 2.75) is 11.8 Å². The average Bonchev–Trinajstić information content (AvgIpc) is 3.40. The molecule has 1 fully saturated rings. The van der Waals surface area contributed by atoms with Gasteiger partial charge in [-0.2, -0.15) is 4.98 Å². The van der Waals surface area contributed by atoms with E-state index in [-0.39, 0.29) is 6.61 Å². The fraction of sp³-hybridized carbons (Fsp3) is 0.429. The number of para-hydroxylation sites is 2. The Kier molecular flexibility index (Phi) is 5.96. The number of nitrogens with zero attached hydrogens (tertiary/aromatic N) is 6. The van der Waals surface area contributed by atoms with Crippen LogP contribution < -0.4 is 16.1 Å². The van der Waals surface area contributed by atoms with Crippen LogP contribution >= 0.6 is 11.8 Å². The summed E-state index contributed by atoms with van der Waals surface area (Å²) in [5.41, 5.74) is 1.35. The average molecular weight is 472 g/mol. The molecule has 5 rings (SSSR count). The Morgan fingerprint density at radius 3 is 2.67 bits per heavy atom. The molecular formula is C21H25N7O4S. The smallest absolute Gasteiger partial charge is 0.329 e. The highest BCUT2D eigenvalue weighted by atomic mass is 32.2. The Labute approximate surface area is 192 Å². The van der Waals surface area contributed by atoms with Gasteiger partial charge in [-0.05, 0) is 12.1 Å². The predicted octanol–water partition coefficient (Wildman–Crippen LogP) is 0.471. The van der Waals surface area contributed by atoms with Crippen LogP contribution in [0.2, 0.25) is 0 Å². The number of aliphatic hydroxyl groups is 1. The third-order valence-corrected chi connectivity index (χ3v) is 6.68. The summed E-state index contributed by atoms with van der Waals surface area (Å²) in [7, 11) is 1.61. The van der Waals surface area contributed by atoms with Crippen molar-refractivity contribution in [2.24, 2.45) is 7.05 Å². The molecule has 0 spiro atoms. The molecule has 1 aromatic carbocycles. The quantitative estimate of drug-likeness (QED) is 0.370. The molecule has 0 unspecified atom stereocenters. The number of anilines is 1. The second-order valence-corrected chi connectivity index (χ2v) is 8.95. The first-order valence-corrected chi connectivity index (χ1v) is 11.8. The van der Waals surface area contributed by atoms with Gasteiger partial charge in [0.25, 0.3) is 10.8 Å². The van der Waals surface area contributed by atoms with Crippen LogP contribution in [0.25, 0.3) is 22.3 Å². The fourth-order valence-corrected chi connectivity index (χ4v) is 4.89. The maximum Gasteiger partial charge on any atom is 0.329 e. The van der Waals surface area contributed by atoms with Crippen molar-refractivity contribution in [3.05, 3.63) is 45.1 Å². The van der Waals surface area contributed by atoms with Gasteiger partial charge in [0.1, 0.15) is 5.52 Å². The van der Waals surface area contributed by atoms with Gasteiger partial charge in [-0.15, -0.1) is 0 Å². The number of nitrogens with one attached hydrogen (secondary N) is 1. The number of aromatic nitrogens is 5. The van der Waals surface area contributed by atoms with Gasteiger partial charge in [-0.1, -0.05) is 23.9 Å². The second kappa shape index (κ2) is 9.04. The Morgan fingerprint density at radius 1 is 1.12 bits per heavy atom. The minimum absolute atomic E-state index is 0.128. The highest BCUT2D eigenvalue weighted by molar-refractivity contribution is 7.99. The summed E-state index contributed by atoms with van der Waals surface area (Å²) in [6.45, 7) is 4.27. The number of thioether (sulfide) groups is 1. The number of β-amino-alcohol motifs (C(OH)–C–C–N with tert-alkyl or cyclic N) is 1. The number of aryl methyl sites for hydroxylation is 2. The molecule has 3 aromatic heterocycles. The van der Waals surface area contributed by atoms with Crippen LogP contribution in [-0.2, 0) is 13.6 Å². The van der Waals surface area contributed by atoms with Gasteiger partial charge >= 0.3 is 5.69 Å². The van der Waals surface area contributed by atoms with Crippen LogP contribution in [0.4, 0.5) is 5.95 Å². The van der Waals surface area contributed by atoms with Crippen LogP contribution in [0.5, 0.6) is 0 Å². The Hall–Kier alpha value is -3.09. The van der Waals surface area contributed by atoms with E-state index in [1.807, 2.05) is 28.8 Å². The van der Waals surface area contributed by atoms with Crippen molar-refractivity contribution >= 4 is 40.0 Å². The van der Waals surface area contributed by atoms with E-state index in [0.29, 0.717) is 54.3 Å². The van der Waals surface area contributed by atoms with Crippen LogP contribution in [0.3, 0.4) is 0 Å². The van der Waals surface area contributed by atoms with Gasteiger partial charge in [0.05, 0.1) is 6.61 Å². The van der Waals surface area contributed by atoms with Crippen molar-refractivity contribution in [1.29, 1.82) is 0 Å². The molecular weight excluding hydrogens is 446 g/mol. The zero-order valence-corrected chi connectivity index (χ0v) is 19.0. The van der Waals surface area contributed by atoms with Gasteiger partial charge in [0.2, 0.25) is 5.95 Å². The van der Waals surface area contributed by atoms with Gasteiger partial charge in [0.15, 0.2) is 16.7 Å². The molecule has 12 heteroatoms. The van der Waals surface area contributed by atoms with E-state index in [1.165, 1.54) is 16.3 Å². The van der Waals surface area contributed by atoms with Crippen molar-refractivity contribution in [3.8, 4) is 0 Å². The lowest BCUT2D eigenvalue weighted by Gasteiger charge is -2.35. The molecule has 1 aliphatic rings. The van der Waals surface area contributed by atoms with Crippen molar-refractivity contribution in [3.63, 3.8) is 0 Å². The van der Waals surface area contributed by atoms with E-state index in [4.69, 9.17) is 9.40 Å². The van der Waals surface area contributed by atoms with Gasteiger partial charge in [-0.3, -0.25) is 19.2 Å². The molecule has 0 bridgehead atoms. The first-order valence-electron chi connectivity index (χ1n) is 10.8. The molecule has 0 amide bonds. The number of hydrogen-bond acceptors (Lipinski definition) is 9. The lowest BCUT2D eigenvalue weighted by Crippen LogP contribution is -2.48. The molecule has 4 heterocycles. The van der Waals surface area contributed by atoms with Crippen LogP contribution in [0, 0.1) is 0 Å². The first kappa shape index (κ1) is 21.7. The molecule has 0 atom stereocenters. The summed E-state index contributed by atoms with van der Waals surface area (Å²) in [6.07, 6.45) is 0. The summed E-state index contributed by atoms with van der Waals surface area (Å²) in [4.78, 5) is 40.8. The Balaban J connectivity index is 1.44. The van der Waals surface area contributed by atoms with Gasteiger partial charge in [-0.25, -0.2) is 9.78 Å². The summed E-state index contributed by atoms with van der Waals surface area (Å²) in [5, 5.41) is 9.78. The number of rotatable bonds is 7. The van der Waals surface area contributed by atoms with E-state index in [9.17, 15) is 14.7 Å². The predicted molar refractivity (Wildman–Crippen MR) is 126 cm³/mol. The molecule has 1 aliphatic heterocycles. The normalized spacial score (nSPS) is 15.2. The summed E-state index contributed by atoms with van der Waals surface area (Å²) >= 11 is 1.47. The monoisotopic (exact) mass is 471 g/mol. The minimum atomic E-state index is -0.489. The van der Waals surface area contributed by atoms with Crippen molar-refractivity contribution in [1.82, 2.24) is 29.0 Å². The van der Waals surface area contributed by atoms with Gasteiger partial charge < -0.3 is 19.0 Å². The van der Waals surface area contributed by atoms with E-state index in [1.54, 1.807) is 7.05 Å². The lowest BCUT2D eigenvalue weighted by atomic mass is 10.3. The molecule has 0 radical (unpaired) electrons. The molecule has 0 aliphatic carbocycles. The Morgan fingerprint density at radius 2 is 1.91 bits per heavy atom. The van der Waals surface area contributed by atoms with Gasteiger partial charge in [0, 0.05) is 52.1 Å². The highest BCUT2D eigenvalue weighted by Gasteiger charge is 2.24. The number of fused-ring (bicyclic) bond motifs is 2. The van der Waals surface area contributed by atoms with Crippen LogP contribution in [0.15, 0.2) is 43.5 Å². The number of oxazole rings is 1. The number of H-pyrrole nitrogens is 1. The Bertz CT molecular complexity index is 1360. The molecule has 4 aromatic rings. The molecule has 174 valence electrons. The number of aromatic amines is 1. The summed E-state index contributed by atoms with van der Waals surface area (Å²) in [6, 6.07) is 7.61. The van der Waals surface area contributed by atoms with E-state index in [0.717, 1.165) is 24.2 Å². The summed E-state index contributed by atoms with van der Waals surface area (Å²) < 4.78 is 9.04. The van der Waals surface area contributed by atoms with E-state index in [2.05, 4.69) is 19.8 Å².